The van der Waals surface area contributed by atoms with Crippen LogP contribution in [0.4, 0.5) is 8.78 Å². The number of fused-ring (bicyclic) bond motifs is 2. The van der Waals surface area contributed by atoms with Gasteiger partial charge in [-0.05, 0) is 80.3 Å². The van der Waals surface area contributed by atoms with E-state index in [0.29, 0.717) is 0 Å². The molecule has 0 unspecified atom stereocenters. The normalized spacial score (nSPS) is 11.9. The van der Waals surface area contributed by atoms with Crippen LogP contribution < -0.4 is 4.57 Å². The summed E-state index contributed by atoms with van der Waals surface area (Å²) in [7, 11) is 0. The van der Waals surface area contributed by atoms with Crippen molar-refractivity contribution in [3.8, 4) is 22.4 Å². The molecule has 7 rings (SSSR count). The number of unbranched alkanes of at least 4 members (excludes halogenated alkanes) is 1. The molecule has 184 valence electrons. The number of benzene rings is 6. The molecule has 0 aliphatic heterocycles. The highest BCUT2D eigenvalue weighted by molar-refractivity contribution is 6.30. The van der Waals surface area contributed by atoms with Gasteiger partial charge in [-0.25, -0.2) is 8.78 Å². The lowest BCUT2D eigenvalue weighted by molar-refractivity contribution is -0.684. The van der Waals surface area contributed by atoms with Crippen molar-refractivity contribution in [2.24, 2.45) is 0 Å². The highest BCUT2D eigenvalue weighted by atomic mass is 19.1. The summed E-state index contributed by atoms with van der Waals surface area (Å²) >= 11 is 0. The van der Waals surface area contributed by atoms with Crippen LogP contribution >= 0.6 is 0 Å². The van der Waals surface area contributed by atoms with E-state index in [1.807, 2.05) is 24.3 Å². The van der Waals surface area contributed by atoms with E-state index in [1.165, 1.54) is 56.6 Å². The SMILES string of the molecule is CCCC[n+]1cc2c(cc3ccc4cccc5ccc2c3c45)c(-c2ccc(F)cc2)c1-c1ccc(F)cc1. The zero-order valence-electron chi connectivity index (χ0n) is 21.1. The van der Waals surface area contributed by atoms with Crippen LogP contribution in [0.3, 0.4) is 0 Å². The fourth-order valence-corrected chi connectivity index (χ4v) is 6.00. The first-order valence-corrected chi connectivity index (χ1v) is 13.2. The van der Waals surface area contributed by atoms with Crippen molar-refractivity contribution in [1.82, 2.24) is 0 Å². The smallest absolute Gasteiger partial charge is 0.207 e. The van der Waals surface area contributed by atoms with Gasteiger partial charge in [0, 0.05) is 17.4 Å². The predicted octanol–water partition coefficient (Wildman–Crippen LogP) is 9.44. The molecule has 3 heteroatoms. The lowest BCUT2D eigenvalue weighted by Crippen LogP contribution is -2.36. The number of rotatable bonds is 5. The molecule has 1 aromatic heterocycles. The van der Waals surface area contributed by atoms with Crippen LogP contribution in [0.1, 0.15) is 19.8 Å². The second kappa shape index (κ2) is 8.88. The zero-order chi connectivity index (χ0) is 25.8. The van der Waals surface area contributed by atoms with Crippen molar-refractivity contribution in [3.05, 3.63) is 115 Å². The Bertz CT molecular complexity index is 1940. The Morgan fingerprint density at radius 1 is 0.605 bits per heavy atom. The number of aromatic nitrogens is 1. The third kappa shape index (κ3) is 3.53. The summed E-state index contributed by atoms with van der Waals surface area (Å²) < 4.78 is 30.3. The van der Waals surface area contributed by atoms with Crippen LogP contribution in [0.15, 0.2) is 103 Å². The minimum atomic E-state index is -0.265. The van der Waals surface area contributed by atoms with Gasteiger partial charge in [0.05, 0.1) is 10.9 Å². The van der Waals surface area contributed by atoms with E-state index in [4.69, 9.17) is 0 Å². The highest BCUT2D eigenvalue weighted by Gasteiger charge is 2.25. The van der Waals surface area contributed by atoms with Crippen LogP contribution in [0.25, 0.3) is 65.5 Å². The number of halogens is 2. The number of aryl methyl sites for hydroxylation is 1. The molecule has 0 bridgehead atoms. The molecule has 38 heavy (non-hydrogen) atoms. The predicted molar refractivity (Wildman–Crippen MR) is 154 cm³/mol. The molecule has 0 atom stereocenters. The number of hydrogen-bond donors (Lipinski definition) is 0. The fourth-order valence-electron chi connectivity index (χ4n) is 6.00. The van der Waals surface area contributed by atoms with Gasteiger partial charge in [0.2, 0.25) is 5.69 Å². The molecule has 0 saturated carbocycles. The van der Waals surface area contributed by atoms with E-state index in [2.05, 4.69) is 66.2 Å². The Balaban J connectivity index is 1.69. The van der Waals surface area contributed by atoms with E-state index in [9.17, 15) is 8.78 Å². The van der Waals surface area contributed by atoms with Gasteiger partial charge < -0.3 is 0 Å². The molecule has 0 fully saturated rings. The van der Waals surface area contributed by atoms with Gasteiger partial charge in [-0.15, -0.1) is 0 Å². The second-order valence-electron chi connectivity index (χ2n) is 10.1. The second-order valence-corrected chi connectivity index (χ2v) is 10.1. The van der Waals surface area contributed by atoms with Gasteiger partial charge >= 0.3 is 0 Å². The number of pyridine rings is 1. The van der Waals surface area contributed by atoms with Crippen LogP contribution in [0, 0.1) is 11.6 Å². The molecule has 1 heterocycles. The van der Waals surface area contributed by atoms with Gasteiger partial charge in [-0.2, -0.15) is 4.57 Å². The molecule has 0 aliphatic carbocycles. The maximum absolute atomic E-state index is 14.1. The highest BCUT2D eigenvalue weighted by Crippen LogP contribution is 2.43. The number of nitrogens with zero attached hydrogens (tertiary/aromatic N) is 1. The monoisotopic (exact) mass is 498 g/mol. The molecule has 0 amide bonds. The first-order valence-electron chi connectivity index (χ1n) is 13.2. The molecule has 0 radical (unpaired) electrons. The van der Waals surface area contributed by atoms with Crippen molar-refractivity contribution < 1.29 is 13.3 Å². The van der Waals surface area contributed by atoms with Gasteiger partial charge in [-0.3, -0.25) is 0 Å². The summed E-state index contributed by atoms with van der Waals surface area (Å²) in [6.45, 7) is 3.02. The lowest BCUT2D eigenvalue weighted by atomic mass is 9.87. The average Bonchev–Trinajstić information content (AvgIpc) is 2.95. The van der Waals surface area contributed by atoms with Crippen LogP contribution in [-0.4, -0.2) is 0 Å². The van der Waals surface area contributed by atoms with E-state index >= 15 is 0 Å². The van der Waals surface area contributed by atoms with Gasteiger partial charge in [0.15, 0.2) is 6.20 Å². The summed E-state index contributed by atoms with van der Waals surface area (Å²) in [5.74, 6) is -0.528. The molecular weight excluding hydrogens is 472 g/mol. The Morgan fingerprint density at radius 2 is 1.24 bits per heavy atom. The third-order valence-corrected chi connectivity index (χ3v) is 7.77. The Kier molecular flexibility index (Phi) is 5.33. The minimum absolute atomic E-state index is 0.263. The first-order chi connectivity index (χ1) is 18.6. The van der Waals surface area contributed by atoms with E-state index < -0.39 is 0 Å². The summed E-state index contributed by atoms with van der Waals surface area (Å²) in [6.07, 6.45) is 4.33. The van der Waals surface area contributed by atoms with Gasteiger partial charge in [0.1, 0.15) is 18.2 Å². The maximum atomic E-state index is 14.1. The largest absolute Gasteiger partial charge is 0.221 e. The van der Waals surface area contributed by atoms with Crippen LogP contribution in [0.2, 0.25) is 0 Å². The van der Waals surface area contributed by atoms with Crippen molar-refractivity contribution in [2.75, 3.05) is 0 Å². The molecular formula is C35H26F2N+. The number of hydrogen-bond acceptors (Lipinski definition) is 0. The van der Waals surface area contributed by atoms with Crippen LogP contribution in [-0.2, 0) is 6.54 Å². The Morgan fingerprint density at radius 3 is 1.92 bits per heavy atom. The van der Waals surface area contributed by atoms with Gasteiger partial charge in [-0.1, -0.05) is 67.9 Å². The topological polar surface area (TPSA) is 3.88 Å². The Labute approximate surface area is 219 Å². The van der Waals surface area contributed by atoms with Crippen molar-refractivity contribution >= 4 is 43.1 Å². The molecule has 0 spiro atoms. The zero-order valence-corrected chi connectivity index (χ0v) is 21.1. The molecule has 0 saturated heterocycles. The van der Waals surface area contributed by atoms with Crippen molar-refractivity contribution in [1.29, 1.82) is 0 Å². The Hall–Kier alpha value is -4.37. The fraction of sp³-hybridized carbons (Fsp3) is 0.114. The standard InChI is InChI=1S/C35H26F2N/c1-2-3-19-38-21-31-29-18-13-23-6-4-5-22-7-8-26(33(29)32(22)23)20-30(31)34(24-9-14-27(36)15-10-24)35(38)25-11-16-28(37)17-12-25/h4-18,20-21H,2-3,19H2,1H3/q+1. The molecule has 7 aromatic rings. The molecule has 0 aliphatic rings. The molecule has 0 N–H and O–H groups in total. The van der Waals surface area contributed by atoms with Crippen molar-refractivity contribution in [2.45, 2.75) is 26.3 Å². The maximum Gasteiger partial charge on any atom is 0.221 e. The van der Waals surface area contributed by atoms with Gasteiger partial charge in [0.25, 0.3) is 0 Å². The molecule has 6 aromatic carbocycles. The lowest BCUT2D eigenvalue weighted by Gasteiger charge is -2.17. The quantitative estimate of drug-likeness (QED) is 0.126. The summed E-state index contributed by atoms with van der Waals surface area (Å²) in [4.78, 5) is 0. The van der Waals surface area contributed by atoms with E-state index in [0.717, 1.165) is 52.5 Å². The summed E-state index contributed by atoms with van der Waals surface area (Å²) in [6, 6.07) is 31.0. The third-order valence-electron chi connectivity index (χ3n) is 7.77. The van der Waals surface area contributed by atoms with Crippen molar-refractivity contribution in [3.63, 3.8) is 0 Å². The van der Waals surface area contributed by atoms with Crippen LogP contribution in [0.5, 0.6) is 0 Å². The first kappa shape index (κ1) is 22.8. The summed E-state index contributed by atoms with van der Waals surface area (Å²) in [5.41, 5.74) is 3.93. The molecule has 1 nitrogen and oxygen atoms in total. The van der Waals surface area contributed by atoms with E-state index in [1.54, 1.807) is 0 Å². The average molecular weight is 499 g/mol. The summed E-state index contributed by atoms with van der Waals surface area (Å²) in [5, 5.41) is 9.69. The van der Waals surface area contributed by atoms with E-state index in [-0.39, 0.29) is 11.6 Å². The minimum Gasteiger partial charge on any atom is -0.207 e.